The van der Waals surface area contributed by atoms with Gasteiger partial charge in [0, 0.05) is 21.8 Å². The Morgan fingerprint density at radius 2 is 2.00 bits per heavy atom. The highest BCUT2D eigenvalue weighted by Crippen LogP contribution is 2.19. The van der Waals surface area contributed by atoms with E-state index in [-0.39, 0.29) is 11.7 Å². The van der Waals surface area contributed by atoms with Gasteiger partial charge in [0.2, 0.25) is 5.91 Å². The number of halogens is 1. The molecule has 5 nitrogen and oxygen atoms in total. The van der Waals surface area contributed by atoms with Gasteiger partial charge in [0.25, 0.3) is 0 Å². The van der Waals surface area contributed by atoms with Gasteiger partial charge in [0.1, 0.15) is 5.82 Å². The monoisotopic (exact) mass is 412 g/mol. The number of nitrogens with zero attached hydrogens (tertiary/aromatic N) is 2. The smallest absolute Gasteiger partial charge is 0.238 e. The first-order valence-corrected chi connectivity index (χ1v) is 10.7. The quantitative estimate of drug-likeness (QED) is 0.510. The van der Waals surface area contributed by atoms with E-state index in [0.29, 0.717) is 6.54 Å². The Morgan fingerprint density at radius 1 is 1.21 bits per heavy atom. The highest BCUT2D eigenvalue weighted by Gasteiger charge is 2.09. The van der Waals surface area contributed by atoms with E-state index in [1.165, 1.54) is 12.1 Å². The van der Waals surface area contributed by atoms with E-state index in [9.17, 15) is 9.18 Å². The van der Waals surface area contributed by atoms with Crippen molar-refractivity contribution in [3.05, 3.63) is 66.1 Å². The molecule has 3 rings (SSSR count). The Balaban J connectivity index is 1.42. The number of aryl methyl sites for hydroxylation is 1. The number of anilines is 1. The van der Waals surface area contributed by atoms with Crippen molar-refractivity contribution in [1.29, 1.82) is 0 Å². The SMILES string of the molecule is CSc1cccc(NC(=O)CN(C)CCCc2cc(-c3ccc(F)cc3)n[nH]2)c1. The Hall–Kier alpha value is -2.64. The molecule has 2 aromatic carbocycles. The van der Waals surface area contributed by atoms with E-state index in [1.54, 1.807) is 23.9 Å². The number of aromatic nitrogens is 2. The lowest BCUT2D eigenvalue weighted by atomic mass is 10.1. The van der Waals surface area contributed by atoms with Crippen LogP contribution in [0, 0.1) is 5.82 Å². The van der Waals surface area contributed by atoms with E-state index >= 15 is 0 Å². The van der Waals surface area contributed by atoms with Crippen molar-refractivity contribution < 1.29 is 9.18 Å². The van der Waals surface area contributed by atoms with Gasteiger partial charge in [-0.3, -0.25) is 14.8 Å². The zero-order chi connectivity index (χ0) is 20.6. The van der Waals surface area contributed by atoms with Gasteiger partial charge in [0.05, 0.1) is 12.2 Å². The fourth-order valence-corrected chi connectivity index (χ4v) is 3.48. The highest BCUT2D eigenvalue weighted by atomic mass is 32.2. The number of carbonyl (C=O) groups excluding carboxylic acids is 1. The molecule has 2 N–H and O–H groups in total. The number of nitrogens with one attached hydrogen (secondary N) is 2. The third-order valence-electron chi connectivity index (χ3n) is 4.52. The van der Waals surface area contributed by atoms with Crippen LogP contribution < -0.4 is 5.32 Å². The highest BCUT2D eigenvalue weighted by molar-refractivity contribution is 7.98. The van der Waals surface area contributed by atoms with Gasteiger partial charge in [-0.15, -0.1) is 11.8 Å². The maximum absolute atomic E-state index is 13.0. The molecule has 0 radical (unpaired) electrons. The standard InChI is InChI=1S/C22H25FN4OS/c1-27(15-22(28)24-18-5-3-7-20(13-18)29-2)12-4-6-19-14-21(26-25-19)16-8-10-17(23)11-9-16/h3,5,7-11,13-14H,4,6,12,15H2,1-2H3,(H,24,28)(H,25,26). The molecule has 152 valence electrons. The summed E-state index contributed by atoms with van der Waals surface area (Å²) in [7, 11) is 1.94. The predicted octanol–water partition coefficient (Wildman–Crippen LogP) is 4.44. The summed E-state index contributed by atoms with van der Waals surface area (Å²) in [5.41, 5.74) is 3.53. The van der Waals surface area contributed by atoms with Crippen molar-refractivity contribution in [3.8, 4) is 11.3 Å². The average molecular weight is 413 g/mol. The van der Waals surface area contributed by atoms with Crippen LogP contribution in [0.5, 0.6) is 0 Å². The van der Waals surface area contributed by atoms with Crippen LogP contribution in [0.3, 0.4) is 0 Å². The number of carbonyl (C=O) groups is 1. The molecule has 0 aliphatic heterocycles. The molecule has 1 heterocycles. The lowest BCUT2D eigenvalue weighted by molar-refractivity contribution is -0.117. The number of hydrogen-bond acceptors (Lipinski definition) is 4. The largest absolute Gasteiger partial charge is 0.325 e. The summed E-state index contributed by atoms with van der Waals surface area (Å²) in [6, 6.07) is 16.1. The molecular formula is C22H25FN4OS. The van der Waals surface area contributed by atoms with E-state index in [2.05, 4.69) is 15.5 Å². The van der Waals surface area contributed by atoms with Crippen molar-refractivity contribution in [2.75, 3.05) is 31.7 Å². The maximum atomic E-state index is 13.0. The minimum absolute atomic E-state index is 0.0223. The van der Waals surface area contributed by atoms with Crippen LogP contribution in [0.1, 0.15) is 12.1 Å². The topological polar surface area (TPSA) is 61.0 Å². The second-order valence-corrected chi connectivity index (χ2v) is 7.79. The molecule has 0 bridgehead atoms. The predicted molar refractivity (Wildman–Crippen MR) is 117 cm³/mol. The second kappa shape index (κ2) is 10.2. The van der Waals surface area contributed by atoms with Crippen molar-refractivity contribution in [3.63, 3.8) is 0 Å². The molecule has 0 fully saturated rings. The van der Waals surface area contributed by atoms with Crippen LogP contribution in [0.15, 0.2) is 59.5 Å². The third kappa shape index (κ3) is 6.44. The molecule has 1 aromatic heterocycles. The summed E-state index contributed by atoms with van der Waals surface area (Å²) < 4.78 is 13.0. The first-order chi connectivity index (χ1) is 14.0. The Kier molecular flexibility index (Phi) is 7.43. The molecule has 0 unspecified atom stereocenters. The van der Waals surface area contributed by atoms with Gasteiger partial charge in [0.15, 0.2) is 0 Å². The summed E-state index contributed by atoms with van der Waals surface area (Å²) in [5, 5.41) is 10.3. The Labute approximate surface area is 174 Å². The number of aromatic amines is 1. The van der Waals surface area contributed by atoms with Crippen LogP contribution in [0.25, 0.3) is 11.3 Å². The first kappa shape index (κ1) is 21.1. The summed E-state index contributed by atoms with van der Waals surface area (Å²) in [6.45, 7) is 1.14. The van der Waals surface area contributed by atoms with Crippen molar-refractivity contribution >= 4 is 23.4 Å². The summed E-state index contributed by atoms with van der Waals surface area (Å²) in [4.78, 5) is 15.4. The summed E-state index contributed by atoms with van der Waals surface area (Å²) >= 11 is 1.65. The molecule has 3 aromatic rings. The van der Waals surface area contributed by atoms with Crippen LogP contribution >= 0.6 is 11.8 Å². The van der Waals surface area contributed by atoms with Crippen molar-refractivity contribution in [2.45, 2.75) is 17.7 Å². The van der Waals surface area contributed by atoms with Gasteiger partial charge in [-0.2, -0.15) is 5.10 Å². The lowest BCUT2D eigenvalue weighted by Gasteiger charge is -2.16. The van der Waals surface area contributed by atoms with E-state index < -0.39 is 0 Å². The van der Waals surface area contributed by atoms with E-state index in [4.69, 9.17) is 0 Å². The van der Waals surface area contributed by atoms with Crippen LogP contribution in [-0.2, 0) is 11.2 Å². The molecule has 1 amide bonds. The van der Waals surface area contributed by atoms with Crippen molar-refractivity contribution in [2.24, 2.45) is 0 Å². The first-order valence-electron chi connectivity index (χ1n) is 9.46. The van der Waals surface area contributed by atoms with Gasteiger partial charge in [-0.05, 0) is 81.2 Å². The number of hydrogen-bond donors (Lipinski definition) is 2. The third-order valence-corrected chi connectivity index (χ3v) is 5.25. The van der Waals surface area contributed by atoms with E-state index in [0.717, 1.165) is 46.9 Å². The average Bonchev–Trinajstić information content (AvgIpc) is 3.17. The number of likely N-dealkylation sites (N-methyl/N-ethyl adjacent to an activating group) is 1. The molecule has 29 heavy (non-hydrogen) atoms. The molecule has 0 aliphatic rings. The van der Waals surface area contributed by atoms with Gasteiger partial charge in [-0.1, -0.05) is 6.07 Å². The number of benzene rings is 2. The summed E-state index contributed by atoms with van der Waals surface area (Å²) in [5.74, 6) is -0.278. The molecule has 0 spiro atoms. The van der Waals surface area contributed by atoms with Crippen molar-refractivity contribution in [1.82, 2.24) is 15.1 Å². The zero-order valence-electron chi connectivity index (χ0n) is 16.6. The van der Waals surface area contributed by atoms with E-state index in [1.807, 2.05) is 48.5 Å². The number of rotatable bonds is 9. The lowest BCUT2D eigenvalue weighted by Crippen LogP contribution is -2.31. The van der Waals surface area contributed by atoms with Gasteiger partial charge >= 0.3 is 0 Å². The molecule has 0 atom stereocenters. The van der Waals surface area contributed by atoms with Gasteiger partial charge in [-0.25, -0.2) is 4.39 Å². The minimum atomic E-state index is -0.256. The minimum Gasteiger partial charge on any atom is -0.325 e. The molecule has 0 saturated heterocycles. The zero-order valence-corrected chi connectivity index (χ0v) is 17.4. The number of thioether (sulfide) groups is 1. The van der Waals surface area contributed by atoms with Gasteiger partial charge < -0.3 is 5.32 Å². The van der Waals surface area contributed by atoms with Crippen LogP contribution in [0.4, 0.5) is 10.1 Å². The van der Waals surface area contributed by atoms with Crippen LogP contribution in [0.2, 0.25) is 0 Å². The Bertz CT molecular complexity index is 942. The fraction of sp³-hybridized carbons (Fsp3) is 0.273. The van der Waals surface area contributed by atoms with Crippen LogP contribution in [-0.4, -0.2) is 47.4 Å². The second-order valence-electron chi connectivity index (χ2n) is 6.91. The molecular weight excluding hydrogens is 387 g/mol. The maximum Gasteiger partial charge on any atom is 0.238 e. The Morgan fingerprint density at radius 3 is 2.76 bits per heavy atom. The summed E-state index contributed by atoms with van der Waals surface area (Å²) in [6.07, 6.45) is 3.74. The fourth-order valence-electron chi connectivity index (χ4n) is 3.02. The number of amides is 1. The number of H-pyrrole nitrogens is 1. The molecule has 7 heteroatoms. The molecule has 0 aliphatic carbocycles. The molecule has 0 saturated carbocycles. The normalized spacial score (nSPS) is 11.0.